The number of nitrogens with zero attached hydrogens (tertiary/aromatic N) is 1. The number of amides is 1. The van der Waals surface area contributed by atoms with Crippen LogP contribution in [0.5, 0.6) is 0 Å². The van der Waals surface area contributed by atoms with Gasteiger partial charge >= 0.3 is 0 Å². The molecule has 2 heterocycles. The van der Waals surface area contributed by atoms with Gasteiger partial charge in [-0.1, -0.05) is 6.92 Å². The van der Waals surface area contributed by atoms with Gasteiger partial charge in [-0.05, 0) is 26.3 Å². The molecule has 4 heteroatoms. The van der Waals surface area contributed by atoms with Crippen LogP contribution in [0.4, 0.5) is 0 Å². The Morgan fingerprint density at radius 1 is 1.44 bits per heavy atom. The predicted molar refractivity (Wildman–Crippen MR) is 68.7 cm³/mol. The van der Waals surface area contributed by atoms with E-state index in [-0.39, 0.29) is 5.92 Å². The molecule has 2 aliphatic rings. The fourth-order valence-electron chi connectivity index (χ4n) is 2.54. The van der Waals surface area contributed by atoms with Crippen molar-refractivity contribution in [1.82, 2.24) is 10.2 Å². The second-order valence-electron chi connectivity index (χ2n) is 4.89. The lowest BCUT2D eigenvalue weighted by Gasteiger charge is -2.40. The van der Waals surface area contributed by atoms with Crippen molar-refractivity contribution in [2.24, 2.45) is 5.92 Å². The molecule has 2 fully saturated rings. The maximum Gasteiger partial charge on any atom is 0.227 e. The van der Waals surface area contributed by atoms with Gasteiger partial charge in [0.05, 0.1) is 5.92 Å². The minimum atomic E-state index is 0.228. The highest BCUT2D eigenvalue weighted by molar-refractivity contribution is 8.00. The fourth-order valence-corrected chi connectivity index (χ4v) is 3.64. The van der Waals surface area contributed by atoms with Crippen molar-refractivity contribution >= 4 is 17.7 Å². The lowest BCUT2D eigenvalue weighted by molar-refractivity contribution is -0.138. The first-order valence-electron chi connectivity index (χ1n) is 6.33. The Balaban J connectivity index is 1.96. The standard InChI is InChI=1S/C12H22N2OS/c1-9-10(2)16-7-6-14(9)12(15)11-4-3-5-13-8-11/h9-11,13H,3-8H2,1-2H3/t9?,10?,11-/m0/s1. The van der Waals surface area contributed by atoms with Crippen molar-refractivity contribution in [1.29, 1.82) is 0 Å². The molecule has 16 heavy (non-hydrogen) atoms. The van der Waals surface area contributed by atoms with Crippen LogP contribution in [-0.4, -0.2) is 47.5 Å². The van der Waals surface area contributed by atoms with Gasteiger partial charge in [0, 0.05) is 30.1 Å². The normalized spacial score (nSPS) is 36.1. The smallest absolute Gasteiger partial charge is 0.227 e. The zero-order valence-electron chi connectivity index (χ0n) is 10.2. The molecule has 2 aliphatic heterocycles. The van der Waals surface area contributed by atoms with E-state index >= 15 is 0 Å². The molecule has 0 aromatic heterocycles. The van der Waals surface area contributed by atoms with Crippen LogP contribution in [0, 0.1) is 5.92 Å². The van der Waals surface area contributed by atoms with E-state index < -0.39 is 0 Å². The highest BCUT2D eigenvalue weighted by atomic mass is 32.2. The molecule has 1 N–H and O–H groups in total. The Hall–Kier alpha value is -0.220. The number of carbonyl (C=O) groups is 1. The van der Waals surface area contributed by atoms with Crippen molar-refractivity contribution in [2.45, 2.75) is 38.0 Å². The summed E-state index contributed by atoms with van der Waals surface area (Å²) in [6, 6.07) is 0.396. The van der Waals surface area contributed by atoms with Crippen molar-refractivity contribution in [3.05, 3.63) is 0 Å². The SMILES string of the molecule is CC1SCCN(C(=O)[C@H]2CCCNC2)C1C. The molecule has 0 aromatic rings. The number of hydrogen-bond donors (Lipinski definition) is 1. The average Bonchev–Trinajstić information content (AvgIpc) is 2.33. The molecule has 0 aliphatic carbocycles. The van der Waals surface area contributed by atoms with E-state index in [1.165, 1.54) is 0 Å². The van der Waals surface area contributed by atoms with E-state index in [0.717, 1.165) is 38.2 Å². The maximum absolute atomic E-state index is 12.4. The van der Waals surface area contributed by atoms with Gasteiger partial charge in [0.25, 0.3) is 0 Å². The van der Waals surface area contributed by atoms with Gasteiger partial charge in [0.15, 0.2) is 0 Å². The number of rotatable bonds is 1. The predicted octanol–water partition coefficient (Wildman–Crippen LogP) is 1.34. The molecule has 0 bridgehead atoms. The van der Waals surface area contributed by atoms with Crippen molar-refractivity contribution < 1.29 is 4.79 Å². The van der Waals surface area contributed by atoms with Crippen LogP contribution >= 0.6 is 11.8 Å². The Morgan fingerprint density at radius 3 is 2.94 bits per heavy atom. The summed E-state index contributed by atoms with van der Waals surface area (Å²) in [7, 11) is 0. The van der Waals surface area contributed by atoms with Crippen molar-refractivity contribution in [2.75, 3.05) is 25.4 Å². The van der Waals surface area contributed by atoms with Crippen LogP contribution in [0.25, 0.3) is 0 Å². The Kier molecular flexibility index (Phi) is 4.14. The maximum atomic E-state index is 12.4. The van der Waals surface area contributed by atoms with Crippen LogP contribution in [0.1, 0.15) is 26.7 Å². The first-order chi connectivity index (χ1) is 7.70. The number of thioether (sulfide) groups is 1. The minimum Gasteiger partial charge on any atom is -0.338 e. The summed E-state index contributed by atoms with van der Waals surface area (Å²) in [6.45, 7) is 7.31. The second-order valence-corrected chi connectivity index (χ2v) is 6.38. The molecular weight excluding hydrogens is 220 g/mol. The minimum absolute atomic E-state index is 0.228. The summed E-state index contributed by atoms with van der Waals surface area (Å²) in [4.78, 5) is 14.5. The Morgan fingerprint density at radius 2 is 2.25 bits per heavy atom. The first-order valence-corrected chi connectivity index (χ1v) is 7.38. The summed E-state index contributed by atoms with van der Waals surface area (Å²) < 4.78 is 0. The lowest BCUT2D eigenvalue weighted by atomic mass is 9.97. The molecule has 0 saturated carbocycles. The van der Waals surface area contributed by atoms with Crippen LogP contribution < -0.4 is 5.32 Å². The van der Waals surface area contributed by atoms with Gasteiger partial charge in [-0.15, -0.1) is 0 Å². The molecule has 3 nitrogen and oxygen atoms in total. The molecule has 92 valence electrons. The molecule has 2 unspecified atom stereocenters. The quantitative estimate of drug-likeness (QED) is 0.753. The molecule has 0 radical (unpaired) electrons. The molecule has 0 spiro atoms. The van der Waals surface area contributed by atoms with Gasteiger partial charge in [0.1, 0.15) is 0 Å². The molecule has 2 saturated heterocycles. The third-order valence-electron chi connectivity index (χ3n) is 3.81. The van der Waals surface area contributed by atoms with Crippen LogP contribution in [-0.2, 0) is 4.79 Å². The monoisotopic (exact) mass is 242 g/mol. The highest BCUT2D eigenvalue weighted by Gasteiger charge is 2.33. The van der Waals surface area contributed by atoms with Crippen LogP contribution in [0.3, 0.4) is 0 Å². The largest absolute Gasteiger partial charge is 0.338 e. The van der Waals surface area contributed by atoms with Gasteiger partial charge in [0.2, 0.25) is 5.91 Å². The Labute approximate surface area is 102 Å². The Bertz CT molecular complexity index is 253. The van der Waals surface area contributed by atoms with E-state index in [1.807, 2.05) is 11.8 Å². The molecule has 2 rings (SSSR count). The highest BCUT2D eigenvalue weighted by Crippen LogP contribution is 2.26. The van der Waals surface area contributed by atoms with Crippen LogP contribution in [0.2, 0.25) is 0 Å². The van der Waals surface area contributed by atoms with Gasteiger partial charge in [-0.25, -0.2) is 0 Å². The lowest BCUT2D eigenvalue weighted by Crippen LogP contribution is -2.52. The fraction of sp³-hybridized carbons (Fsp3) is 0.917. The topological polar surface area (TPSA) is 32.3 Å². The third kappa shape index (κ3) is 2.54. The van der Waals surface area contributed by atoms with Gasteiger partial charge < -0.3 is 10.2 Å². The molecule has 0 aromatic carbocycles. The summed E-state index contributed by atoms with van der Waals surface area (Å²) in [6.07, 6.45) is 2.21. The summed E-state index contributed by atoms with van der Waals surface area (Å²) in [5, 5.41) is 3.91. The summed E-state index contributed by atoms with van der Waals surface area (Å²) in [5.41, 5.74) is 0. The number of piperidine rings is 1. The second kappa shape index (κ2) is 5.41. The third-order valence-corrected chi connectivity index (χ3v) is 5.15. The number of hydrogen-bond acceptors (Lipinski definition) is 3. The van der Waals surface area contributed by atoms with E-state index in [2.05, 4.69) is 24.1 Å². The van der Waals surface area contributed by atoms with Crippen molar-refractivity contribution in [3.8, 4) is 0 Å². The molecular formula is C12H22N2OS. The zero-order valence-corrected chi connectivity index (χ0v) is 11.1. The summed E-state index contributed by atoms with van der Waals surface area (Å²) in [5.74, 6) is 1.70. The number of carbonyl (C=O) groups excluding carboxylic acids is 1. The van der Waals surface area contributed by atoms with Crippen molar-refractivity contribution in [3.63, 3.8) is 0 Å². The van der Waals surface area contributed by atoms with E-state index in [9.17, 15) is 4.79 Å². The zero-order chi connectivity index (χ0) is 11.5. The van der Waals surface area contributed by atoms with E-state index in [0.29, 0.717) is 17.2 Å². The van der Waals surface area contributed by atoms with Crippen LogP contribution in [0.15, 0.2) is 0 Å². The molecule has 1 amide bonds. The van der Waals surface area contributed by atoms with E-state index in [4.69, 9.17) is 0 Å². The number of nitrogens with one attached hydrogen (secondary N) is 1. The average molecular weight is 242 g/mol. The van der Waals surface area contributed by atoms with E-state index in [1.54, 1.807) is 0 Å². The first kappa shape index (κ1) is 12.2. The van der Waals surface area contributed by atoms with Gasteiger partial charge in [-0.3, -0.25) is 4.79 Å². The molecule has 3 atom stereocenters. The summed E-state index contributed by atoms with van der Waals surface area (Å²) >= 11 is 1.98. The van der Waals surface area contributed by atoms with Gasteiger partial charge in [-0.2, -0.15) is 11.8 Å².